The molecule has 2 aromatic rings. The standard InChI is InChI=1S/C13H11BrClFS/c1-7-5-8(2)17-13(7)12(14)9-3-4-10(15)11(16)6-9/h3-6,12H,1-2H3. The second kappa shape index (κ2) is 5.09. The Morgan fingerprint density at radius 1 is 1.29 bits per heavy atom. The maximum atomic E-state index is 13.4. The minimum absolute atomic E-state index is 0.0213. The molecule has 0 aliphatic heterocycles. The SMILES string of the molecule is Cc1cc(C)c(C(Br)c2ccc(Cl)c(F)c2)s1. The van der Waals surface area contributed by atoms with Crippen LogP contribution in [0.4, 0.5) is 4.39 Å². The van der Waals surface area contributed by atoms with E-state index in [1.165, 1.54) is 21.4 Å². The molecule has 0 amide bonds. The molecule has 0 spiro atoms. The zero-order valence-corrected chi connectivity index (χ0v) is 12.6. The number of aryl methyl sites for hydroxylation is 2. The fourth-order valence-electron chi connectivity index (χ4n) is 1.73. The first-order valence-corrected chi connectivity index (χ1v) is 7.26. The molecule has 0 nitrogen and oxygen atoms in total. The number of thiophene rings is 1. The van der Waals surface area contributed by atoms with E-state index in [0.717, 1.165) is 5.56 Å². The van der Waals surface area contributed by atoms with E-state index in [4.69, 9.17) is 11.6 Å². The topological polar surface area (TPSA) is 0 Å². The average Bonchev–Trinajstić information content (AvgIpc) is 2.61. The van der Waals surface area contributed by atoms with Gasteiger partial charge >= 0.3 is 0 Å². The molecule has 1 aromatic heterocycles. The smallest absolute Gasteiger partial charge is 0.142 e. The van der Waals surface area contributed by atoms with Gasteiger partial charge in [-0.25, -0.2) is 4.39 Å². The van der Waals surface area contributed by atoms with Crippen LogP contribution < -0.4 is 0 Å². The number of benzene rings is 1. The summed E-state index contributed by atoms with van der Waals surface area (Å²) >= 11 is 11.0. The monoisotopic (exact) mass is 332 g/mol. The van der Waals surface area contributed by atoms with Crippen LogP contribution in [0.5, 0.6) is 0 Å². The summed E-state index contributed by atoms with van der Waals surface area (Å²) in [6, 6.07) is 7.06. The number of hydrogen-bond acceptors (Lipinski definition) is 1. The predicted molar refractivity (Wildman–Crippen MR) is 76.0 cm³/mol. The van der Waals surface area contributed by atoms with Crippen molar-refractivity contribution in [1.82, 2.24) is 0 Å². The van der Waals surface area contributed by atoms with Crippen LogP contribution in [0.15, 0.2) is 24.3 Å². The third kappa shape index (κ3) is 2.72. The van der Waals surface area contributed by atoms with Crippen molar-refractivity contribution in [3.63, 3.8) is 0 Å². The van der Waals surface area contributed by atoms with Crippen LogP contribution in [0, 0.1) is 19.7 Å². The van der Waals surface area contributed by atoms with Gasteiger partial charge in [-0.15, -0.1) is 11.3 Å². The molecule has 2 rings (SSSR count). The Morgan fingerprint density at radius 3 is 2.53 bits per heavy atom. The van der Waals surface area contributed by atoms with Gasteiger partial charge in [-0.1, -0.05) is 33.6 Å². The highest BCUT2D eigenvalue weighted by molar-refractivity contribution is 9.09. The van der Waals surface area contributed by atoms with Gasteiger partial charge in [0.1, 0.15) is 5.82 Å². The molecule has 1 atom stereocenters. The van der Waals surface area contributed by atoms with Crippen LogP contribution in [-0.2, 0) is 0 Å². The largest absolute Gasteiger partial charge is 0.205 e. The molecule has 0 radical (unpaired) electrons. The van der Waals surface area contributed by atoms with Crippen molar-refractivity contribution in [2.24, 2.45) is 0 Å². The van der Waals surface area contributed by atoms with E-state index in [2.05, 4.69) is 35.8 Å². The van der Waals surface area contributed by atoms with Gasteiger partial charge in [0.05, 0.1) is 9.85 Å². The molecule has 17 heavy (non-hydrogen) atoms. The summed E-state index contributed by atoms with van der Waals surface area (Å²) < 4.78 is 13.4. The van der Waals surface area contributed by atoms with E-state index < -0.39 is 0 Å². The van der Waals surface area contributed by atoms with E-state index in [0.29, 0.717) is 0 Å². The second-order valence-electron chi connectivity index (χ2n) is 3.94. The number of alkyl halides is 1. The lowest BCUT2D eigenvalue weighted by molar-refractivity contribution is 0.626. The molecule has 0 bridgehead atoms. The van der Waals surface area contributed by atoms with E-state index >= 15 is 0 Å². The first-order valence-electron chi connectivity index (χ1n) is 5.15. The Balaban J connectivity index is 2.40. The van der Waals surface area contributed by atoms with Gasteiger partial charge in [0.2, 0.25) is 0 Å². The van der Waals surface area contributed by atoms with Crippen LogP contribution in [0.1, 0.15) is 25.7 Å². The molecule has 0 N–H and O–H groups in total. The lowest BCUT2D eigenvalue weighted by Gasteiger charge is -2.10. The first-order chi connectivity index (χ1) is 7.99. The average molecular weight is 334 g/mol. The van der Waals surface area contributed by atoms with Gasteiger partial charge < -0.3 is 0 Å². The fraction of sp³-hybridized carbons (Fsp3) is 0.231. The quantitative estimate of drug-likeness (QED) is 0.624. The van der Waals surface area contributed by atoms with Crippen LogP contribution in [-0.4, -0.2) is 0 Å². The summed E-state index contributed by atoms with van der Waals surface area (Å²) in [5, 5.41) is 0.160. The Labute approximate surface area is 118 Å². The summed E-state index contributed by atoms with van der Waals surface area (Å²) in [7, 11) is 0. The Bertz CT molecular complexity index is 550. The maximum absolute atomic E-state index is 13.4. The summed E-state index contributed by atoms with van der Waals surface area (Å²) in [6.07, 6.45) is 0. The molecular weight excluding hydrogens is 323 g/mol. The Kier molecular flexibility index (Phi) is 3.91. The molecule has 4 heteroatoms. The van der Waals surface area contributed by atoms with E-state index in [1.54, 1.807) is 17.4 Å². The van der Waals surface area contributed by atoms with Gasteiger partial charge in [-0.05, 0) is 43.2 Å². The lowest BCUT2D eigenvalue weighted by Crippen LogP contribution is -1.93. The van der Waals surface area contributed by atoms with Crippen molar-refractivity contribution >= 4 is 38.9 Å². The van der Waals surface area contributed by atoms with Crippen molar-refractivity contribution in [3.05, 3.63) is 56.0 Å². The lowest BCUT2D eigenvalue weighted by atomic mass is 10.1. The summed E-state index contributed by atoms with van der Waals surface area (Å²) in [6.45, 7) is 4.14. The van der Waals surface area contributed by atoms with Crippen molar-refractivity contribution in [1.29, 1.82) is 0 Å². The molecule has 0 saturated carbocycles. The van der Waals surface area contributed by atoms with E-state index in [-0.39, 0.29) is 15.7 Å². The van der Waals surface area contributed by atoms with Crippen LogP contribution in [0.25, 0.3) is 0 Å². The number of rotatable bonds is 2. The van der Waals surface area contributed by atoms with Crippen molar-refractivity contribution in [2.75, 3.05) is 0 Å². The second-order valence-corrected chi connectivity index (χ2v) is 6.55. The molecule has 0 aliphatic carbocycles. The maximum Gasteiger partial charge on any atom is 0.142 e. The number of hydrogen-bond donors (Lipinski definition) is 0. The normalized spacial score (nSPS) is 12.8. The molecule has 0 saturated heterocycles. The van der Waals surface area contributed by atoms with Gasteiger partial charge in [-0.3, -0.25) is 0 Å². The molecule has 1 unspecified atom stereocenters. The number of halogens is 3. The molecule has 90 valence electrons. The summed E-state index contributed by atoms with van der Waals surface area (Å²) in [4.78, 5) is 2.49. The van der Waals surface area contributed by atoms with Crippen molar-refractivity contribution < 1.29 is 4.39 Å². The fourth-order valence-corrected chi connectivity index (χ4v) is 3.82. The minimum atomic E-state index is -0.375. The van der Waals surface area contributed by atoms with Crippen molar-refractivity contribution in [2.45, 2.75) is 18.7 Å². The highest BCUT2D eigenvalue weighted by atomic mass is 79.9. The molecule has 0 aliphatic rings. The van der Waals surface area contributed by atoms with Crippen LogP contribution in [0.3, 0.4) is 0 Å². The summed E-state index contributed by atoms with van der Waals surface area (Å²) in [5.74, 6) is -0.375. The minimum Gasteiger partial charge on any atom is -0.205 e. The van der Waals surface area contributed by atoms with Gasteiger partial charge in [0.25, 0.3) is 0 Å². The van der Waals surface area contributed by atoms with E-state index in [9.17, 15) is 4.39 Å². The van der Waals surface area contributed by atoms with Gasteiger partial charge in [0, 0.05) is 9.75 Å². The highest BCUT2D eigenvalue weighted by Crippen LogP contribution is 2.38. The Morgan fingerprint density at radius 2 is 2.00 bits per heavy atom. The molecular formula is C13H11BrClFS. The van der Waals surface area contributed by atoms with Crippen LogP contribution in [0.2, 0.25) is 5.02 Å². The Hall–Kier alpha value is -0.380. The molecule has 0 fully saturated rings. The zero-order chi connectivity index (χ0) is 12.6. The zero-order valence-electron chi connectivity index (χ0n) is 9.43. The third-order valence-electron chi connectivity index (χ3n) is 2.55. The third-order valence-corrected chi connectivity index (χ3v) is 5.36. The highest BCUT2D eigenvalue weighted by Gasteiger charge is 2.16. The van der Waals surface area contributed by atoms with E-state index in [1.807, 2.05) is 6.07 Å². The van der Waals surface area contributed by atoms with Gasteiger partial charge in [-0.2, -0.15) is 0 Å². The molecule has 1 heterocycles. The van der Waals surface area contributed by atoms with Crippen LogP contribution >= 0.6 is 38.9 Å². The van der Waals surface area contributed by atoms with Gasteiger partial charge in [0.15, 0.2) is 0 Å². The predicted octanol–water partition coefficient (Wildman–Crippen LogP) is 5.64. The first kappa shape index (κ1) is 13.1. The molecule has 1 aromatic carbocycles. The van der Waals surface area contributed by atoms with Crippen molar-refractivity contribution in [3.8, 4) is 0 Å². The summed E-state index contributed by atoms with van der Waals surface area (Å²) in [5.41, 5.74) is 2.11.